The minimum absolute atomic E-state index is 0.274. The lowest BCUT2D eigenvalue weighted by molar-refractivity contribution is -0.145. The van der Waals surface area contributed by atoms with Crippen LogP contribution < -0.4 is 4.74 Å². The fourth-order valence-electron chi connectivity index (χ4n) is 2.08. The first-order valence-electron chi connectivity index (χ1n) is 6.45. The largest absolute Gasteiger partial charge is 0.479 e. The van der Waals surface area contributed by atoms with Crippen LogP contribution in [0.2, 0.25) is 0 Å². The summed E-state index contributed by atoms with van der Waals surface area (Å²) in [7, 11) is 0. The van der Waals surface area contributed by atoms with Crippen molar-refractivity contribution >= 4 is 16.7 Å². The molecule has 0 aliphatic heterocycles. The van der Waals surface area contributed by atoms with Crippen LogP contribution in [-0.2, 0) is 4.79 Å². The highest BCUT2D eigenvalue weighted by Crippen LogP contribution is 2.27. The molecule has 1 N–H and O–H groups in total. The van der Waals surface area contributed by atoms with Crippen LogP contribution in [-0.4, -0.2) is 17.2 Å². The van der Waals surface area contributed by atoms with Crippen molar-refractivity contribution in [1.29, 1.82) is 0 Å². The second-order valence-corrected chi connectivity index (χ2v) is 5.05. The number of ether oxygens (including phenoxy) is 1. The molecule has 0 heterocycles. The lowest BCUT2D eigenvalue weighted by Crippen LogP contribution is -2.28. The van der Waals surface area contributed by atoms with Crippen molar-refractivity contribution in [3.63, 3.8) is 0 Å². The summed E-state index contributed by atoms with van der Waals surface area (Å²) in [5.41, 5.74) is 0. The average Bonchev–Trinajstić information content (AvgIpc) is 2.37. The van der Waals surface area contributed by atoms with E-state index >= 15 is 0 Å². The van der Waals surface area contributed by atoms with Crippen LogP contribution in [0.5, 0.6) is 5.75 Å². The van der Waals surface area contributed by atoms with Gasteiger partial charge in [-0.2, -0.15) is 0 Å². The number of hydrogen-bond donors (Lipinski definition) is 1. The van der Waals surface area contributed by atoms with Gasteiger partial charge in [0.05, 0.1) is 0 Å². The molecule has 19 heavy (non-hydrogen) atoms. The summed E-state index contributed by atoms with van der Waals surface area (Å²) in [4.78, 5) is 11.3. The maximum atomic E-state index is 11.3. The van der Waals surface area contributed by atoms with Gasteiger partial charge in [-0.05, 0) is 23.8 Å². The molecule has 0 amide bonds. The fraction of sp³-hybridized carbons (Fsp3) is 0.312. The molecule has 0 saturated heterocycles. The Morgan fingerprint density at radius 3 is 2.53 bits per heavy atom. The van der Waals surface area contributed by atoms with Gasteiger partial charge in [0.25, 0.3) is 0 Å². The minimum atomic E-state index is -0.915. The van der Waals surface area contributed by atoms with Crippen molar-refractivity contribution in [3.8, 4) is 5.75 Å². The fourth-order valence-corrected chi connectivity index (χ4v) is 2.08. The molecule has 0 aliphatic carbocycles. The van der Waals surface area contributed by atoms with Crippen molar-refractivity contribution < 1.29 is 14.6 Å². The predicted octanol–water partition coefficient (Wildman–Crippen LogP) is 3.72. The Morgan fingerprint density at radius 2 is 1.84 bits per heavy atom. The smallest absolute Gasteiger partial charge is 0.344 e. The number of benzene rings is 2. The first-order valence-corrected chi connectivity index (χ1v) is 6.45. The monoisotopic (exact) mass is 258 g/mol. The number of carbonyl (C=O) groups is 1. The third kappa shape index (κ3) is 3.25. The van der Waals surface area contributed by atoms with Gasteiger partial charge in [0.15, 0.2) is 6.10 Å². The highest BCUT2D eigenvalue weighted by Gasteiger charge is 2.21. The topological polar surface area (TPSA) is 46.5 Å². The zero-order chi connectivity index (χ0) is 13.8. The molecule has 0 spiro atoms. The average molecular weight is 258 g/mol. The van der Waals surface area contributed by atoms with Gasteiger partial charge >= 0.3 is 5.97 Å². The summed E-state index contributed by atoms with van der Waals surface area (Å²) in [5.74, 6) is -0.0103. The third-order valence-electron chi connectivity index (χ3n) is 2.98. The molecule has 0 radical (unpaired) electrons. The summed E-state index contributed by atoms with van der Waals surface area (Å²) < 4.78 is 5.70. The Hall–Kier alpha value is -2.03. The van der Waals surface area contributed by atoms with Gasteiger partial charge in [0.1, 0.15) is 5.75 Å². The number of rotatable bonds is 5. The molecule has 1 atom stereocenters. The van der Waals surface area contributed by atoms with E-state index in [0.29, 0.717) is 12.2 Å². The maximum Gasteiger partial charge on any atom is 0.344 e. The number of aliphatic carboxylic acids is 1. The Kier molecular flexibility index (Phi) is 4.05. The van der Waals surface area contributed by atoms with Crippen LogP contribution in [0, 0.1) is 5.92 Å². The number of hydrogen-bond acceptors (Lipinski definition) is 2. The second-order valence-electron chi connectivity index (χ2n) is 5.05. The second kappa shape index (κ2) is 5.74. The predicted molar refractivity (Wildman–Crippen MR) is 75.5 cm³/mol. The van der Waals surface area contributed by atoms with Crippen molar-refractivity contribution in [2.45, 2.75) is 26.4 Å². The molecule has 0 saturated carbocycles. The Morgan fingerprint density at radius 1 is 1.16 bits per heavy atom. The van der Waals surface area contributed by atoms with E-state index in [9.17, 15) is 9.90 Å². The van der Waals surface area contributed by atoms with Crippen LogP contribution >= 0.6 is 0 Å². The van der Waals surface area contributed by atoms with Crippen LogP contribution in [0.25, 0.3) is 10.8 Å². The highest BCUT2D eigenvalue weighted by molar-refractivity contribution is 5.88. The molecule has 3 nitrogen and oxygen atoms in total. The van der Waals surface area contributed by atoms with E-state index in [-0.39, 0.29) is 5.92 Å². The molecule has 2 aromatic rings. The number of carboxylic acids is 1. The summed E-state index contributed by atoms with van der Waals surface area (Å²) in [6.07, 6.45) is -0.302. The lowest BCUT2D eigenvalue weighted by Gasteiger charge is -2.18. The molecule has 0 bridgehead atoms. The molecule has 0 aromatic heterocycles. The zero-order valence-corrected chi connectivity index (χ0v) is 11.2. The molecule has 2 aromatic carbocycles. The van der Waals surface area contributed by atoms with Crippen LogP contribution in [0.15, 0.2) is 42.5 Å². The standard InChI is InChI=1S/C16H18O3/c1-11(2)10-15(16(17)18)19-14-9-5-7-12-6-3-4-8-13(12)14/h3-9,11,15H,10H2,1-2H3,(H,17,18). The van der Waals surface area contributed by atoms with Crippen molar-refractivity contribution in [3.05, 3.63) is 42.5 Å². The van der Waals surface area contributed by atoms with E-state index in [4.69, 9.17) is 4.74 Å². The van der Waals surface area contributed by atoms with Gasteiger partial charge in [-0.3, -0.25) is 0 Å². The van der Waals surface area contributed by atoms with E-state index in [1.807, 2.05) is 56.3 Å². The molecule has 3 heteroatoms. The van der Waals surface area contributed by atoms with Gasteiger partial charge in [-0.15, -0.1) is 0 Å². The number of carboxylic acid groups (broad SMARTS) is 1. The van der Waals surface area contributed by atoms with Crippen LogP contribution in [0.3, 0.4) is 0 Å². The third-order valence-corrected chi connectivity index (χ3v) is 2.98. The Bertz CT molecular complexity index is 570. The van der Waals surface area contributed by atoms with Crippen molar-refractivity contribution in [2.75, 3.05) is 0 Å². The normalized spacial score (nSPS) is 12.6. The summed E-state index contributed by atoms with van der Waals surface area (Å²) >= 11 is 0. The van der Waals surface area contributed by atoms with E-state index in [1.165, 1.54) is 0 Å². The zero-order valence-electron chi connectivity index (χ0n) is 11.2. The van der Waals surface area contributed by atoms with E-state index in [0.717, 1.165) is 10.8 Å². The minimum Gasteiger partial charge on any atom is -0.479 e. The first-order chi connectivity index (χ1) is 9.08. The lowest BCUT2D eigenvalue weighted by atomic mass is 10.1. The highest BCUT2D eigenvalue weighted by atomic mass is 16.5. The molecule has 100 valence electrons. The summed E-state index contributed by atoms with van der Waals surface area (Å²) in [6.45, 7) is 3.98. The first kappa shape index (κ1) is 13.4. The molecule has 1 unspecified atom stereocenters. The molecular formula is C16H18O3. The van der Waals surface area contributed by atoms with E-state index < -0.39 is 12.1 Å². The van der Waals surface area contributed by atoms with Crippen LogP contribution in [0.4, 0.5) is 0 Å². The van der Waals surface area contributed by atoms with Gasteiger partial charge in [-0.1, -0.05) is 50.2 Å². The Balaban J connectivity index is 2.31. The maximum absolute atomic E-state index is 11.3. The SMILES string of the molecule is CC(C)CC(Oc1cccc2ccccc12)C(=O)O. The molecular weight excluding hydrogens is 240 g/mol. The van der Waals surface area contributed by atoms with Crippen molar-refractivity contribution in [2.24, 2.45) is 5.92 Å². The van der Waals surface area contributed by atoms with Gasteiger partial charge in [-0.25, -0.2) is 4.79 Å². The van der Waals surface area contributed by atoms with Gasteiger partial charge in [0, 0.05) is 5.39 Å². The Labute approximate surface area is 112 Å². The summed E-state index contributed by atoms with van der Waals surface area (Å²) in [5, 5.41) is 11.2. The summed E-state index contributed by atoms with van der Waals surface area (Å²) in [6, 6.07) is 13.5. The van der Waals surface area contributed by atoms with E-state index in [1.54, 1.807) is 0 Å². The molecule has 0 fully saturated rings. The van der Waals surface area contributed by atoms with Crippen LogP contribution in [0.1, 0.15) is 20.3 Å². The van der Waals surface area contributed by atoms with E-state index in [2.05, 4.69) is 0 Å². The van der Waals surface area contributed by atoms with Crippen molar-refractivity contribution in [1.82, 2.24) is 0 Å². The number of fused-ring (bicyclic) bond motifs is 1. The molecule has 2 rings (SSSR count). The molecule has 0 aliphatic rings. The quantitative estimate of drug-likeness (QED) is 0.889. The van der Waals surface area contributed by atoms with Gasteiger partial charge < -0.3 is 9.84 Å². The van der Waals surface area contributed by atoms with Gasteiger partial charge in [0.2, 0.25) is 0 Å².